The number of nitrogens with zero attached hydrogens (tertiary/aromatic N) is 1. The van der Waals surface area contributed by atoms with E-state index in [2.05, 4.69) is 27.7 Å². The molecule has 2 aromatic rings. The van der Waals surface area contributed by atoms with E-state index in [1.807, 2.05) is 30.3 Å². The zero-order chi connectivity index (χ0) is 19.1. The van der Waals surface area contributed by atoms with Crippen LogP contribution in [0.4, 0.5) is 10.5 Å². The Morgan fingerprint density at radius 1 is 1.04 bits per heavy atom. The molecule has 0 aliphatic carbocycles. The van der Waals surface area contributed by atoms with Gasteiger partial charge in [0.1, 0.15) is 11.5 Å². The monoisotopic (exact) mass is 369 g/mol. The van der Waals surface area contributed by atoms with Crippen LogP contribution in [-0.2, 0) is 0 Å². The summed E-state index contributed by atoms with van der Waals surface area (Å²) in [7, 11) is 3.27. The number of benzene rings is 2. The van der Waals surface area contributed by atoms with Crippen molar-refractivity contribution in [2.45, 2.75) is 18.9 Å². The van der Waals surface area contributed by atoms with E-state index in [-0.39, 0.29) is 12.1 Å². The summed E-state index contributed by atoms with van der Waals surface area (Å²) in [5.74, 6) is 1.55. The molecule has 0 saturated carbocycles. The van der Waals surface area contributed by atoms with Crippen LogP contribution in [0.5, 0.6) is 11.5 Å². The minimum Gasteiger partial charge on any atom is -0.497 e. The second-order valence-electron chi connectivity index (χ2n) is 6.60. The van der Waals surface area contributed by atoms with Gasteiger partial charge in [-0.25, -0.2) is 4.79 Å². The van der Waals surface area contributed by atoms with Gasteiger partial charge in [-0.05, 0) is 55.8 Å². The zero-order valence-electron chi connectivity index (χ0n) is 15.9. The Balaban J connectivity index is 1.63. The average Bonchev–Trinajstić information content (AvgIpc) is 3.23. The van der Waals surface area contributed by atoms with Crippen molar-refractivity contribution in [2.75, 3.05) is 39.2 Å². The summed E-state index contributed by atoms with van der Waals surface area (Å²) in [4.78, 5) is 14.8. The van der Waals surface area contributed by atoms with Crippen molar-refractivity contribution >= 4 is 11.7 Å². The fourth-order valence-corrected chi connectivity index (χ4v) is 3.40. The quantitative estimate of drug-likeness (QED) is 0.782. The highest BCUT2D eigenvalue weighted by atomic mass is 16.5. The van der Waals surface area contributed by atoms with Crippen molar-refractivity contribution in [3.8, 4) is 11.5 Å². The first-order valence-corrected chi connectivity index (χ1v) is 9.26. The predicted octanol–water partition coefficient (Wildman–Crippen LogP) is 3.66. The molecule has 1 heterocycles. The Kier molecular flexibility index (Phi) is 6.54. The minimum atomic E-state index is -0.221. The standard InChI is InChI=1S/C21H27N3O3/c1-26-18-10-8-16(9-11-18)20(24-12-3-4-13-24)15-22-21(25)23-17-6-5-7-19(14-17)27-2/h5-11,14,20H,3-4,12-13,15H2,1-2H3,(H2,22,23,25). The second-order valence-corrected chi connectivity index (χ2v) is 6.60. The molecular weight excluding hydrogens is 342 g/mol. The number of carbonyl (C=O) groups excluding carboxylic acids is 1. The number of carbonyl (C=O) groups is 1. The molecule has 1 unspecified atom stereocenters. The molecule has 1 saturated heterocycles. The first-order chi connectivity index (χ1) is 13.2. The normalized spacial score (nSPS) is 15.2. The molecular formula is C21H27N3O3. The van der Waals surface area contributed by atoms with Crippen LogP contribution in [0.25, 0.3) is 0 Å². The van der Waals surface area contributed by atoms with Crippen molar-refractivity contribution in [3.05, 3.63) is 54.1 Å². The Hall–Kier alpha value is -2.73. The summed E-state index contributed by atoms with van der Waals surface area (Å²) in [6, 6.07) is 15.3. The second kappa shape index (κ2) is 9.28. The molecule has 2 N–H and O–H groups in total. The molecule has 2 aromatic carbocycles. The van der Waals surface area contributed by atoms with Crippen molar-refractivity contribution in [1.29, 1.82) is 0 Å². The van der Waals surface area contributed by atoms with E-state index in [1.54, 1.807) is 20.3 Å². The van der Waals surface area contributed by atoms with Gasteiger partial charge in [-0.3, -0.25) is 4.90 Å². The lowest BCUT2D eigenvalue weighted by atomic mass is 10.1. The number of methoxy groups -OCH3 is 2. The predicted molar refractivity (Wildman–Crippen MR) is 107 cm³/mol. The third-order valence-corrected chi connectivity index (χ3v) is 4.87. The maximum Gasteiger partial charge on any atom is 0.319 e. The molecule has 1 fully saturated rings. The minimum absolute atomic E-state index is 0.148. The van der Waals surface area contributed by atoms with E-state index in [9.17, 15) is 4.79 Å². The topological polar surface area (TPSA) is 62.8 Å². The van der Waals surface area contributed by atoms with Crippen LogP contribution >= 0.6 is 0 Å². The zero-order valence-corrected chi connectivity index (χ0v) is 15.9. The SMILES string of the molecule is COc1ccc(C(CNC(=O)Nc2cccc(OC)c2)N2CCCC2)cc1. The summed E-state index contributed by atoms with van der Waals surface area (Å²) in [6.45, 7) is 2.65. The molecule has 0 bridgehead atoms. The number of likely N-dealkylation sites (tertiary alicyclic amines) is 1. The molecule has 3 rings (SSSR count). The molecule has 6 nitrogen and oxygen atoms in total. The van der Waals surface area contributed by atoms with Crippen LogP contribution in [0, 0.1) is 0 Å². The lowest BCUT2D eigenvalue weighted by Gasteiger charge is -2.28. The van der Waals surface area contributed by atoms with Gasteiger partial charge in [0.15, 0.2) is 0 Å². The van der Waals surface area contributed by atoms with Crippen LogP contribution in [0.2, 0.25) is 0 Å². The molecule has 1 aliphatic heterocycles. The van der Waals surface area contributed by atoms with Crippen LogP contribution in [0.1, 0.15) is 24.4 Å². The van der Waals surface area contributed by atoms with E-state index in [0.717, 1.165) is 18.8 Å². The van der Waals surface area contributed by atoms with Gasteiger partial charge in [-0.2, -0.15) is 0 Å². The Morgan fingerprint density at radius 3 is 2.41 bits per heavy atom. The molecule has 0 spiro atoms. The highest BCUT2D eigenvalue weighted by Gasteiger charge is 2.24. The summed E-state index contributed by atoms with van der Waals surface area (Å²) in [5, 5.41) is 5.87. The van der Waals surface area contributed by atoms with Gasteiger partial charge >= 0.3 is 6.03 Å². The smallest absolute Gasteiger partial charge is 0.319 e. The van der Waals surface area contributed by atoms with Gasteiger partial charge in [0, 0.05) is 18.3 Å². The van der Waals surface area contributed by atoms with Gasteiger partial charge in [-0.15, -0.1) is 0 Å². The maximum absolute atomic E-state index is 12.4. The lowest BCUT2D eigenvalue weighted by Crippen LogP contribution is -2.38. The van der Waals surface area contributed by atoms with E-state index in [4.69, 9.17) is 9.47 Å². The van der Waals surface area contributed by atoms with Crippen molar-refractivity contribution in [3.63, 3.8) is 0 Å². The number of anilines is 1. The van der Waals surface area contributed by atoms with E-state index >= 15 is 0 Å². The number of ether oxygens (including phenoxy) is 2. The summed E-state index contributed by atoms with van der Waals surface area (Å²) >= 11 is 0. The van der Waals surface area contributed by atoms with Gasteiger partial charge in [0.2, 0.25) is 0 Å². The maximum atomic E-state index is 12.4. The van der Waals surface area contributed by atoms with Crippen LogP contribution < -0.4 is 20.1 Å². The number of hydrogen-bond acceptors (Lipinski definition) is 4. The van der Waals surface area contributed by atoms with Crippen molar-refractivity contribution in [1.82, 2.24) is 10.2 Å². The van der Waals surface area contributed by atoms with Crippen LogP contribution in [0.15, 0.2) is 48.5 Å². The molecule has 6 heteroatoms. The Morgan fingerprint density at radius 2 is 1.74 bits per heavy atom. The van der Waals surface area contributed by atoms with Gasteiger partial charge < -0.3 is 20.1 Å². The Bertz CT molecular complexity index is 743. The third-order valence-electron chi connectivity index (χ3n) is 4.87. The van der Waals surface area contributed by atoms with Crippen LogP contribution in [0.3, 0.4) is 0 Å². The van der Waals surface area contributed by atoms with E-state index < -0.39 is 0 Å². The van der Waals surface area contributed by atoms with Gasteiger partial charge in [0.25, 0.3) is 0 Å². The van der Waals surface area contributed by atoms with Gasteiger partial charge in [0.05, 0.1) is 20.3 Å². The van der Waals surface area contributed by atoms with Crippen LogP contribution in [-0.4, -0.2) is 44.8 Å². The lowest BCUT2D eigenvalue weighted by molar-refractivity contribution is 0.227. The average molecular weight is 369 g/mol. The number of hydrogen-bond donors (Lipinski definition) is 2. The molecule has 1 atom stereocenters. The Labute approximate surface area is 160 Å². The fourth-order valence-electron chi connectivity index (χ4n) is 3.40. The van der Waals surface area contributed by atoms with Crippen molar-refractivity contribution in [2.24, 2.45) is 0 Å². The molecule has 27 heavy (non-hydrogen) atoms. The molecule has 144 valence electrons. The first-order valence-electron chi connectivity index (χ1n) is 9.26. The highest BCUT2D eigenvalue weighted by molar-refractivity contribution is 5.89. The van der Waals surface area contributed by atoms with Crippen molar-refractivity contribution < 1.29 is 14.3 Å². The third kappa shape index (κ3) is 5.14. The molecule has 1 aliphatic rings. The highest BCUT2D eigenvalue weighted by Crippen LogP contribution is 2.26. The summed E-state index contributed by atoms with van der Waals surface area (Å²) in [6.07, 6.45) is 2.39. The fraction of sp³-hybridized carbons (Fsp3) is 0.381. The number of amides is 2. The summed E-state index contributed by atoms with van der Waals surface area (Å²) < 4.78 is 10.4. The van der Waals surface area contributed by atoms with E-state index in [0.29, 0.717) is 18.0 Å². The van der Waals surface area contributed by atoms with Gasteiger partial charge in [-0.1, -0.05) is 18.2 Å². The number of urea groups is 1. The molecule has 0 aromatic heterocycles. The molecule has 0 radical (unpaired) electrons. The molecule has 2 amide bonds. The number of nitrogens with one attached hydrogen (secondary N) is 2. The number of rotatable bonds is 7. The van der Waals surface area contributed by atoms with E-state index in [1.165, 1.54) is 18.4 Å². The largest absolute Gasteiger partial charge is 0.497 e. The summed E-state index contributed by atoms with van der Waals surface area (Å²) in [5.41, 5.74) is 1.88. The first kappa shape index (κ1) is 19.0.